The lowest BCUT2D eigenvalue weighted by Crippen LogP contribution is -2.42. The number of hydrogen-bond donors (Lipinski definition) is 1. The molecule has 1 amide bonds. The number of allylic oxidation sites excluding steroid dienone is 1. The maximum absolute atomic E-state index is 13.0. The minimum absolute atomic E-state index is 0.323. The largest absolute Gasteiger partial charge is 0.465 e. The molecule has 0 unspecified atom stereocenters. The molecule has 2 aromatic heterocycles. The Labute approximate surface area is 174 Å². The molecular formula is C24H24N2O4. The third-order valence-corrected chi connectivity index (χ3v) is 4.85. The van der Waals surface area contributed by atoms with Crippen LogP contribution in [0.3, 0.4) is 0 Å². The number of carbonyl (C=O) groups is 2. The molecule has 4 rings (SSSR count). The van der Waals surface area contributed by atoms with Crippen LogP contribution in [0, 0.1) is 0 Å². The van der Waals surface area contributed by atoms with Crippen molar-refractivity contribution < 1.29 is 18.7 Å². The Hall–Kier alpha value is -3.41. The summed E-state index contributed by atoms with van der Waals surface area (Å²) in [6.45, 7) is 5.31. The first-order valence-electron chi connectivity index (χ1n) is 9.96. The number of furan rings is 1. The first-order valence-corrected chi connectivity index (χ1v) is 9.96. The Bertz CT molecular complexity index is 1140. The summed E-state index contributed by atoms with van der Waals surface area (Å²) in [7, 11) is 0. The normalized spacial score (nSPS) is 14.7. The number of carbonyl (C=O) groups excluding carboxylic acids is 2. The fourth-order valence-electron chi connectivity index (χ4n) is 3.71. The highest BCUT2D eigenvalue weighted by Gasteiger charge is 2.28. The van der Waals surface area contributed by atoms with E-state index in [-0.39, 0.29) is 18.1 Å². The average molecular weight is 404 g/mol. The molecular weight excluding hydrogens is 380 g/mol. The number of fused-ring (bicyclic) bond motifs is 2. The van der Waals surface area contributed by atoms with Gasteiger partial charge in [0.05, 0.1) is 23.0 Å². The summed E-state index contributed by atoms with van der Waals surface area (Å²) in [4.78, 5) is 30.0. The van der Waals surface area contributed by atoms with Crippen molar-refractivity contribution in [3.8, 4) is 0 Å². The van der Waals surface area contributed by atoms with Gasteiger partial charge in [-0.1, -0.05) is 18.2 Å². The van der Waals surface area contributed by atoms with Crippen LogP contribution in [0.4, 0.5) is 0 Å². The molecule has 1 aliphatic rings. The Morgan fingerprint density at radius 2 is 1.97 bits per heavy atom. The van der Waals surface area contributed by atoms with Gasteiger partial charge in [-0.05, 0) is 69.0 Å². The molecule has 0 atom stereocenters. The second-order valence-electron chi connectivity index (χ2n) is 8.39. The van der Waals surface area contributed by atoms with Gasteiger partial charge in [0.2, 0.25) is 0 Å². The highest BCUT2D eigenvalue weighted by Crippen LogP contribution is 2.37. The minimum atomic E-state index is -0.506. The van der Waals surface area contributed by atoms with Crippen LogP contribution in [-0.2, 0) is 16.0 Å². The monoisotopic (exact) mass is 404 g/mol. The van der Waals surface area contributed by atoms with E-state index < -0.39 is 5.97 Å². The van der Waals surface area contributed by atoms with E-state index in [1.807, 2.05) is 63.2 Å². The van der Waals surface area contributed by atoms with Crippen LogP contribution in [0.15, 0.2) is 47.1 Å². The molecule has 1 aromatic carbocycles. The lowest BCUT2D eigenvalue weighted by molar-refractivity contribution is -0.125. The molecule has 1 aliphatic carbocycles. The SMILES string of the molecule is CC(C)(C)NC(=O)COC(=O)c1c2c(nc3ccccc13)/C(=C/c1ccco1)CC2. The van der Waals surface area contributed by atoms with Crippen molar-refractivity contribution in [2.24, 2.45) is 0 Å². The second-order valence-corrected chi connectivity index (χ2v) is 8.39. The van der Waals surface area contributed by atoms with Crippen molar-refractivity contribution >= 4 is 34.4 Å². The highest BCUT2D eigenvalue weighted by molar-refractivity contribution is 6.07. The number of ether oxygens (including phenoxy) is 1. The predicted molar refractivity (Wildman–Crippen MR) is 115 cm³/mol. The van der Waals surface area contributed by atoms with Gasteiger partial charge in [0.25, 0.3) is 5.91 Å². The van der Waals surface area contributed by atoms with Crippen molar-refractivity contribution in [3.63, 3.8) is 0 Å². The fourth-order valence-corrected chi connectivity index (χ4v) is 3.71. The van der Waals surface area contributed by atoms with Crippen molar-refractivity contribution in [3.05, 3.63) is 65.2 Å². The van der Waals surface area contributed by atoms with E-state index in [1.54, 1.807) is 6.26 Å². The molecule has 6 nitrogen and oxygen atoms in total. The minimum Gasteiger partial charge on any atom is -0.465 e. The standard InChI is InChI=1S/C24H24N2O4/c1-24(2,3)26-20(27)14-30-23(28)21-17-8-4-5-9-19(17)25-22-15(10-11-18(21)22)13-16-7-6-12-29-16/h4-9,12-13H,10-11,14H2,1-3H3,(H,26,27)/b15-13+. The van der Waals surface area contributed by atoms with Crippen LogP contribution in [-0.4, -0.2) is 29.0 Å². The van der Waals surface area contributed by atoms with Crippen LogP contribution in [0.1, 0.15) is 54.6 Å². The summed E-state index contributed by atoms with van der Waals surface area (Å²) < 4.78 is 10.8. The quantitative estimate of drug-likeness (QED) is 0.653. The Balaban J connectivity index is 1.69. The number of amides is 1. The van der Waals surface area contributed by atoms with Crippen LogP contribution < -0.4 is 5.32 Å². The maximum atomic E-state index is 13.0. The summed E-state index contributed by atoms with van der Waals surface area (Å²) in [5, 5.41) is 3.53. The lowest BCUT2D eigenvalue weighted by Gasteiger charge is -2.20. The van der Waals surface area contributed by atoms with Gasteiger partial charge in [-0.25, -0.2) is 9.78 Å². The lowest BCUT2D eigenvalue weighted by atomic mass is 10.0. The molecule has 6 heteroatoms. The molecule has 0 bridgehead atoms. The molecule has 2 heterocycles. The molecule has 0 saturated carbocycles. The van der Waals surface area contributed by atoms with Gasteiger partial charge in [0.15, 0.2) is 6.61 Å². The third-order valence-electron chi connectivity index (χ3n) is 4.85. The maximum Gasteiger partial charge on any atom is 0.339 e. The number of benzene rings is 1. The van der Waals surface area contributed by atoms with Gasteiger partial charge in [-0.2, -0.15) is 0 Å². The number of nitrogens with zero attached hydrogens (tertiary/aromatic N) is 1. The molecule has 0 radical (unpaired) electrons. The van der Waals surface area contributed by atoms with Crippen LogP contribution in [0.2, 0.25) is 0 Å². The molecule has 3 aromatic rings. The van der Waals surface area contributed by atoms with E-state index in [4.69, 9.17) is 14.1 Å². The zero-order valence-corrected chi connectivity index (χ0v) is 17.3. The van der Waals surface area contributed by atoms with Gasteiger partial charge in [-0.3, -0.25) is 4.79 Å². The summed E-state index contributed by atoms with van der Waals surface area (Å²) in [6.07, 6.45) is 5.02. The molecule has 0 spiro atoms. The smallest absolute Gasteiger partial charge is 0.339 e. The Morgan fingerprint density at radius 3 is 2.70 bits per heavy atom. The summed E-state index contributed by atoms with van der Waals surface area (Å²) in [6, 6.07) is 11.2. The number of nitrogens with one attached hydrogen (secondary N) is 1. The predicted octanol–water partition coefficient (Wildman–Crippen LogP) is 4.39. The van der Waals surface area contributed by atoms with Gasteiger partial charge in [-0.15, -0.1) is 0 Å². The van der Waals surface area contributed by atoms with Gasteiger partial charge in [0.1, 0.15) is 5.76 Å². The molecule has 0 fully saturated rings. The van der Waals surface area contributed by atoms with Gasteiger partial charge in [0, 0.05) is 10.9 Å². The van der Waals surface area contributed by atoms with Crippen molar-refractivity contribution in [1.29, 1.82) is 0 Å². The second kappa shape index (κ2) is 7.78. The fraction of sp³-hybridized carbons (Fsp3) is 0.292. The number of rotatable bonds is 4. The van der Waals surface area contributed by atoms with Crippen molar-refractivity contribution in [1.82, 2.24) is 10.3 Å². The van der Waals surface area contributed by atoms with E-state index in [0.29, 0.717) is 12.0 Å². The molecule has 0 saturated heterocycles. The zero-order valence-electron chi connectivity index (χ0n) is 17.3. The zero-order chi connectivity index (χ0) is 21.3. The third kappa shape index (κ3) is 4.13. The number of esters is 1. The topological polar surface area (TPSA) is 81.4 Å². The van der Waals surface area contributed by atoms with E-state index in [1.165, 1.54) is 0 Å². The average Bonchev–Trinajstić information content (AvgIpc) is 3.33. The highest BCUT2D eigenvalue weighted by atomic mass is 16.5. The Morgan fingerprint density at radius 1 is 1.17 bits per heavy atom. The number of para-hydroxylation sites is 1. The van der Waals surface area contributed by atoms with Crippen LogP contribution in [0.5, 0.6) is 0 Å². The van der Waals surface area contributed by atoms with Crippen LogP contribution >= 0.6 is 0 Å². The molecule has 154 valence electrons. The van der Waals surface area contributed by atoms with E-state index in [0.717, 1.165) is 39.9 Å². The number of pyridine rings is 1. The molecule has 0 aliphatic heterocycles. The number of hydrogen-bond acceptors (Lipinski definition) is 5. The summed E-state index contributed by atoms with van der Waals surface area (Å²) >= 11 is 0. The first kappa shape index (κ1) is 19.9. The van der Waals surface area contributed by atoms with Crippen molar-refractivity contribution in [2.75, 3.05) is 6.61 Å². The van der Waals surface area contributed by atoms with Gasteiger partial charge >= 0.3 is 5.97 Å². The van der Waals surface area contributed by atoms with E-state index in [9.17, 15) is 9.59 Å². The summed E-state index contributed by atoms with van der Waals surface area (Å²) in [5.41, 5.74) is 3.48. The number of aromatic nitrogens is 1. The van der Waals surface area contributed by atoms with Gasteiger partial charge < -0.3 is 14.5 Å². The van der Waals surface area contributed by atoms with Crippen molar-refractivity contribution in [2.45, 2.75) is 39.2 Å². The molecule has 1 N–H and O–H groups in total. The first-order chi connectivity index (χ1) is 14.3. The molecule has 30 heavy (non-hydrogen) atoms. The summed E-state index contributed by atoms with van der Waals surface area (Å²) in [5.74, 6) is -0.0896. The van der Waals surface area contributed by atoms with E-state index in [2.05, 4.69) is 5.32 Å². The Kier molecular flexibility index (Phi) is 5.16. The van der Waals surface area contributed by atoms with Crippen LogP contribution in [0.25, 0.3) is 22.6 Å². The van der Waals surface area contributed by atoms with E-state index >= 15 is 0 Å².